The maximum Gasteiger partial charge on any atom is 0.176 e. The second-order valence-electron chi connectivity index (χ2n) is 8.30. The summed E-state index contributed by atoms with van der Waals surface area (Å²) in [6.07, 6.45) is 5.45. The molecule has 1 heterocycles. The van der Waals surface area contributed by atoms with Gasteiger partial charge < -0.3 is 0 Å². The number of carbonyl (C=O) groups is 2. The van der Waals surface area contributed by atoms with Gasteiger partial charge in [-0.15, -0.1) is 0 Å². The Kier molecular flexibility index (Phi) is 13.4. The highest BCUT2D eigenvalue weighted by molar-refractivity contribution is 5.99. The van der Waals surface area contributed by atoms with E-state index in [2.05, 4.69) is 32.6 Å². The van der Waals surface area contributed by atoms with E-state index in [1.54, 1.807) is 12.1 Å². The summed E-state index contributed by atoms with van der Waals surface area (Å²) in [4.78, 5) is 25.8. The highest BCUT2D eigenvalue weighted by atomic mass is 19.1. The zero-order valence-electron chi connectivity index (χ0n) is 20.5. The number of carbonyl (C=O) groups excluding carboxylic acids is 2. The number of likely N-dealkylation sites (tertiary alicyclic amines) is 1. The normalized spacial score (nSPS) is 13.9. The van der Waals surface area contributed by atoms with Crippen molar-refractivity contribution < 1.29 is 14.0 Å². The lowest BCUT2D eigenvalue weighted by molar-refractivity contribution is 0.0923. The molecule has 176 valence electrons. The molecule has 0 aliphatic carbocycles. The predicted octanol–water partition coefficient (Wildman–Crippen LogP) is 7.00. The van der Waals surface area contributed by atoms with Crippen LogP contribution >= 0.6 is 0 Å². The van der Waals surface area contributed by atoms with Gasteiger partial charge in [-0.2, -0.15) is 0 Å². The predicted molar refractivity (Wildman–Crippen MR) is 132 cm³/mol. The molecule has 0 saturated carbocycles. The van der Waals surface area contributed by atoms with Crippen molar-refractivity contribution in [2.45, 2.75) is 66.7 Å². The van der Waals surface area contributed by atoms with Crippen LogP contribution in [0.5, 0.6) is 0 Å². The molecule has 2 aromatic carbocycles. The number of ketones is 2. The molecule has 1 atom stereocenters. The first-order valence-electron chi connectivity index (χ1n) is 12.0. The molecular formula is C28H40FNO2. The second-order valence-corrected chi connectivity index (χ2v) is 8.30. The number of rotatable bonds is 7. The molecular weight excluding hydrogens is 401 g/mol. The van der Waals surface area contributed by atoms with Crippen LogP contribution in [-0.2, 0) is 6.42 Å². The molecule has 0 N–H and O–H groups in total. The Bertz CT molecular complexity index is 810. The number of hydrogen-bond acceptors (Lipinski definition) is 3. The number of benzene rings is 2. The molecule has 32 heavy (non-hydrogen) atoms. The highest BCUT2D eigenvalue weighted by Gasteiger charge is 2.16. The van der Waals surface area contributed by atoms with Crippen molar-refractivity contribution >= 4 is 11.6 Å². The SMILES string of the molecule is CCC.CCc1ccccc1C(=O)C(C)CC.O=C(CN1CCCC1)c1ccc(F)cc1. The smallest absolute Gasteiger partial charge is 0.176 e. The third-order valence-corrected chi connectivity index (χ3v) is 5.46. The van der Waals surface area contributed by atoms with Crippen molar-refractivity contribution in [3.8, 4) is 0 Å². The molecule has 1 aliphatic heterocycles. The quantitative estimate of drug-likeness (QED) is 0.434. The monoisotopic (exact) mass is 441 g/mol. The number of nitrogens with zero attached hydrogens (tertiary/aromatic N) is 1. The minimum Gasteiger partial charge on any atom is -0.296 e. The molecule has 4 heteroatoms. The van der Waals surface area contributed by atoms with Crippen LogP contribution in [0, 0.1) is 11.7 Å². The first-order chi connectivity index (χ1) is 15.4. The molecule has 1 unspecified atom stereocenters. The lowest BCUT2D eigenvalue weighted by Crippen LogP contribution is -2.26. The van der Waals surface area contributed by atoms with Crippen molar-refractivity contribution in [1.82, 2.24) is 4.90 Å². The lowest BCUT2D eigenvalue weighted by atomic mass is 9.93. The number of aryl methyl sites for hydroxylation is 1. The molecule has 2 aromatic rings. The van der Waals surface area contributed by atoms with Gasteiger partial charge in [-0.05, 0) is 68.6 Å². The fourth-order valence-electron chi connectivity index (χ4n) is 3.39. The number of hydrogen-bond donors (Lipinski definition) is 0. The van der Waals surface area contributed by atoms with Gasteiger partial charge in [0.25, 0.3) is 0 Å². The van der Waals surface area contributed by atoms with Gasteiger partial charge in [0.1, 0.15) is 5.82 Å². The van der Waals surface area contributed by atoms with Gasteiger partial charge >= 0.3 is 0 Å². The van der Waals surface area contributed by atoms with Crippen LogP contribution in [-0.4, -0.2) is 36.1 Å². The molecule has 3 nitrogen and oxygen atoms in total. The van der Waals surface area contributed by atoms with E-state index in [1.165, 1.54) is 31.4 Å². The van der Waals surface area contributed by atoms with E-state index in [4.69, 9.17) is 0 Å². The molecule has 0 radical (unpaired) electrons. The summed E-state index contributed by atoms with van der Waals surface area (Å²) in [5, 5.41) is 0. The van der Waals surface area contributed by atoms with Crippen molar-refractivity contribution in [2.24, 2.45) is 5.92 Å². The Morgan fingerprint density at radius 2 is 1.50 bits per heavy atom. The van der Waals surface area contributed by atoms with Gasteiger partial charge in [-0.25, -0.2) is 4.39 Å². The largest absolute Gasteiger partial charge is 0.296 e. The van der Waals surface area contributed by atoms with Gasteiger partial charge in [-0.1, -0.05) is 65.3 Å². The van der Waals surface area contributed by atoms with Crippen LogP contribution < -0.4 is 0 Å². The molecule has 0 aromatic heterocycles. The van der Waals surface area contributed by atoms with E-state index in [0.717, 1.165) is 37.1 Å². The molecule has 0 amide bonds. The van der Waals surface area contributed by atoms with Crippen molar-refractivity contribution in [3.05, 3.63) is 71.0 Å². The number of halogens is 1. The Balaban J connectivity index is 0.000000286. The molecule has 1 saturated heterocycles. The maximum absolute atomic E-state index is 12.6. The average molecular weight is 442 g/mol. The standard InChI is InChI=1S/C13H18O.C12H14FNO.C3H8/c1-4-10(3)13(14)12-9-7-6-8-11(12)5-2;13-11-5-3-10(4-6-11)12(15)9-14-7-1-2-8-14;1-3-2/h6-10H,4-5H2,1-3H3;3-6H,1-2,7-9H2;3H2,1-2H3. The first kappa shape index (κ1) is 27.7. The molecule has 0 bridgehead atoms. The number of Topliss-reactive ketones (excluding diaryl/α,β-unsaturated/α-hetero) is 2. The fraction of sp³-hybridized carbons (Fsp3) is 0.500. The average Bonchev–Trinajstić information content (AvgIpc) is 3.32. The summed E-state index contributed by atoms with van der Waals surface area (Å²) < 4.78 is 12.6. The van der Waals surface area contributed by atoms with Crippen molar-refractivity contribution in [3.63, 3.8) is 0 Å². The van der Waals surface area contributed by atoms with E-state index in [0.29, 0.717) is 12.1 Å². The Labute approximate surface area is 194 Å². The topological polar surface area (TPSA) is 37.4 Å². The zero-order valence-corrected chi connectivity index (χ0v) is 20.5. The minimum atomic E-state index is -0.298. The van der Waals surface area contributed by atoms with Gasteiger partial charge in [0, 0.05) is 17.0 Å². The second kappa shape index (κ2) is 15.5. The third-order valence-electron chi connectivity index (χ3n) is 5.46. The van der Waals surface area contributed by atoms with Crippen molar-refractivity contribution in [1.29, 1.82) is 0 Å². The van der Waals surface area contributed by atoms with Crippen molar-refractivity contribution in [2.75, 3.05) is 19.6 Å². The van der Waals surface area contributed by atoms with Gasteiger partial charge in [-0.3, -0.25) is 14.5 Å². The van der Waals surface area contributed by atoms with Gasteiger partial charge in [0.15, 0.2) is 11.6 Å². The summed E-state index contributed by atoms with van der Waals surface area (Å²) in [6.45, 7) is 12.9. The Morgan fingerprint density at radius 3 is 2.03 bits per heavy atom. The van der Waals surface area contributed by atoms with Crippen LogP contribution in [0.3, 0.4) is 0 Å². The summed E-state index contributed by atoms with van der Waals surface area (Å²) in [7, 11) is 0. The first-order valence-corrected chi connectivity index (χ1v) is 12.0. The third kappa shape index (κ3) is 9.44. The Hall–Kier alpha value is -2.33. The summed E-state index contributed by atoms with van der Waals surface area (Å²) in [5.41, 5.74) is 2.67. The van der Waals surface area contributed by atoms with E-state index in [-0.39, 0.29) is 23.3 Å². The highest BCUT2D eigenvalue weighted by Crippen LogP contribution is 2.16. The zero-order chi connectivity index (χ0) is 23.9. The van der Waals surface area contributed by atoms with Gasteiger partial charge in [0.05, 0.1) is 6.54 Å². The van der Waals surface area contributed by atoms with E-state index in [9.17, 15) is 14.0 Å². The van der Waals surface area contributed by atoms with E-state index < -0.39 is 0 Å². The molecule has 1 fully saturated rings. The fourth-order valence-corrected chi connectivity index (χ4v) is 3.39. The molecule has 0 spiro atoms. The maximum atomic E-state index is 12.6. The molecule has 3 rings (SSSR count). The van der Waals surface area contributed by atoms with Crippen LogP contribution in [0.4, 0.5) is 4.39 Å². The van der Waals surface area contributed by atoms with Gasteiger partial charge in [0.2, 0.25) is 0 Å². The summed E-state index contributed by atoms with van der Waals surface area (Å²) in [5.74, 6) is 0.206. The summed E-state index contributed by atoms with van der Waals surface area (Å²) >= 11 is 0. The van der Waals surface area contributed by atoms with Crippen LogP contribution in [0.2, 0.25) is 0 Å². The summed E-state index contributed by atoms with van der Waals surface area (Å²) in [6, 6.07) is 13.7. The minimum absolute atomic E-state index is 0.0805. The van der Waals surface area contributed by atoms with Crippen LogP contribution in [0.25, 0.3) is 0 Å². The van der Waals surface area contributed by atoms with E-state index in [1.807, 2.05) is 31.2 Å². The lowest BCUT2D eigenvalue weighted by Gasteiger charge is -2.12. The van der Waals surface area contributed by atoms with Crippen LogP contribution in [0.1, 0.15) is 86.6 Å². The van der Waals surface area contributed by atoms with Crippen LogP contribution in [0.15, 0.2) is 48.5 Å². The Morgan fingerprint density at radius 1 is 0.938 bits per heavy atom. The molecule has 1 aliphatic rings. The van der Waals surface area contributed by atoms with E-state index >= 15 is 0 Å².